The summed E-state index contributed by atoms with van der Waals surface area (Å²) in [6.45, 7) is 4.03. The summed E-state index contributed by atoms with van der Waals surface area (Å²) < 4.78 is 5.25. The van der Waals surface area contributed by atoms with E-state index >= 15 is 0 Å². The first-order chi connectivity index (χ1) is 9.72. The molecular formula is C14H19N5O. The third-order valence-corrected chi connectivity index (χ3v) is 3.63. The van der Waals surface area contributed by atoms with E-state index in [1.165, 1.54) is 0 Å². The number of pyridine rings is 1. The Bertz CT molecular complexity index is 574. The number of nitrogens with one attached hydrogen (secondary N) is 1. The Hall–Kier alpha value is -1.95. The molecule has 0 saturated carbocycles. The van der Waals surface area contributed by atoms with Crippen molar-refractivity contribution >= 4 is 5.82 Å². The molecule has 6 nitrogen and oxygen atoms in total. The molecule has 0 aliphatic carbocycles. The van der Waals surface area contributed by atoms with Crippen LogP contribution in [0.4, 0.5) is 5.82 Å². The van der Waals surface area contributed by atoms with Gasteiger partial charge in [0.2, 0.25) is 0 Å². The summed E-state index contributed by atoms with van der Waals surface area (Å²) in [5.74, 6) is 1.98. The summed E-state index contributed by atoms with van der Waals surface area (Å²) in [5, 5.41) is 7.35. The molecule has 0 unspecified atom stereocenters. The summed E-state index contributed by atoms with van der Waals surface area (Å²) in [4.78, 5) is 11.1. The number of aromatic nitrogens is 3. The number of hydrogen-bond acceptors (Lipinski definition) is 6. The lowest BCUT2D eigenvalue weighted by Crippen LogP contribution is -2.37. The molecule has 3 rings (SSSR count). The van der Waals surface area contributed by atoms with Gasteiger partial charge in [-0.25, -0.2) is 4.98 Å². The number of anilines is 1. The third-order valence-electron chi connectivity index (χ3n) is 3.63. The number of piperidine rings is 1. The van der Waals surface area contributed by atoms with Crippen molar-refractivity contribution in [2.45, 2.75) is 25.8 Å². The lowest BCUT2D eigenvalue weighted by Gasteiger charge is -2.30. The minimum atomic E-state index is 0.448. The van der Waals surface area contributed by atoms with E-state index in [0.29, 0.717) is 17.8 Å². The van der Waals surface area contributed by atoms with Crippen molar-refractivity contribution in [1.82, 2.24) is 20.0 Å². The van der Waals surface area contributed by atoms with E-state index in [0.717, 1.165) is 37.3 Å². The minimum absolute atomic E-state index is 0.448. The van der Waals surface area contributed by atoms with Crippen LogP contribution >= 0.6 is 0 Å². The van der Waals surface area contributed by atoms with Crippen molar-refractivity contribution in [3.8, 4) is 11.5 Å². The van der Waals surface area contributed by atoms with E-state index in [-0.39, 0.29) is 0 Å². The lowest BCUT2D eigenvalue weighted by molar-refractivity contribution is 0.263. The van der Waals surface area contributed by atoms with Gasteiger partial charge < -0.3 is 14.7 Å². The Morgan fingerprint density at radius 3 is 2.85 bits per heavy atom. The monoisotopic (exact) mass is 273 g/mol. The second-order valence-corrected chi connectivity index (χ2v) is 5.27. The van der Waals surface area contributed by atoms with Crippen LogP contribution in [0.1, 0.15) is 18.7 Å². The zero-order valence-corrected chi connectivity index (χ0v) is 11.8. The first-order valence-corrected chi connectivity index (χ1v) is 6.93. The van der Waals surface area contributed by atoms with Crippen LogP contribution in [0, 0.1) is 6.92 Å². The molecule has 0 radical (unpaired) electrons. The fourth-order valence-electron chi connectivity index (χ4n) is 2.45. The zero-order valence-electron chi connectivity index (χ0n) is 11.8. The Labute approximate surface area is 118 Å². The van der Waals surface area contributed by atoms with Crippen molar-refractivity contribution in [3.63, 3.8) is 0 Å². The van der Waals surface area contributed by atoms with Gasteiger partial charge in [0.15, 0.2) is 5.82 Å². The highest BCUT2D eigenvalue weighted by Gasteiger charge is 2.19. The van der Waals surface area contributed by atoms with E-state index in [1.807, 2.05) is 19.1 Å². The van der Waals surface area contributed by atoms with Gasteiger partial charge in [0.25, 0.3) is 5.89 Å². The average molecular weight is 273 g/mol. The van der Waals surface area contributed by atoms with Crippen molar-refractivity contribution in [3.05, 3.63) is 24.2 Å². The molecule has 0 bridgehead atoms. The van der Waals surface area contributed by atoms with Gasteiger partial charge >= 0.3 is 0 Å². The highest BCUT2D eigenvalue weighted by atomic mass is 16.5. The fourth-order valence-corrected chi connectivity index (χ4v) is 2.45. The fraction of sp³-hybridized carbons (Fsp3) is 0.500. The maximum atomic E-state index is 5.25. The van der Waals surface area contributed by atoms with Gasteiger partial charge in [0.05, 0.1) is 5.56 Å². The molecule has 0 aromatic carbocycles. The van der Waals surface area contributed by atoms with E-state index in [2.05, 4.69) is 32.4 Å². The SMILES string of the molecule is Cc1noc(-c2cccnc2NC2CCN(C)CC2)n1. The maximum Gasteiger partial charge on any atom is 0.261 e. The number of likely N-dealkylation sites (tertiary alicyclic amines) is 1. The first kappa shape index (κ1) is 13.1. The van der Waals surface area contributed by atoms with Crippen molar-refractivity contribution < 1.29 is 4.52 Å². The predicted octanol–water partition coefficient (Wildman–Crippen LogP) is 1.95. The molecule has 1 saturated heterocycles. The zero-order chi connectivity index (χ0) is 13.9. The molecular weight excluding hydrogens is 254 g/mol. The van der Waals surface area contributed by atoms with Crippen LogP contribution in [0.3, 0.4) is 0 Å². The molecule has 1 aliphatic rings. The Morgan fingerprint density at radius 2 is 2.15 bits per heavy atom. The van der Waals surface area contributed by atoms with Crippen LogP contribution in [0.25, 0.3) is 11.5 Å². The number of hydrogen-bond donors (Lipinski definition) is 1. The molecule has 6 heteroatoms. The van der Waals surface area contributed by atoms with Gasteiger partial charge in [-0.2, -0.15) is 4.98 Å². The molecule has 20 heavy (non-hydrogen) atoms. The van der Waals surface area contributed by atoms with Crippen molar-refractivity contribution in [2.75, 3.05) is 25.5 Å². The van der Waals surface area contributed by atoms with Gasteiger partial charge in [0, 0.05) is 12.2 Å². The van der Waals surface area contributed by atoms with Crippen LogP contribution in [-0.4, -0.2) is 46.2 Å². The standard InChI is InChI=1S/C14H19N5O/c1-10-16-14(20-18-10)12-4-3-7-15-13(12)17-11-5-8-19(2)9-6-11/h3-4,7,11H,5-6,8-9H2,1-2H3,(H,15,17). The van der Waals surface area contributed by atoms with Crippen LogP contribution < -0.4 is 5.32 Å². The molecule has 0 amide bonds. The highest BCUT2D eigenvalue weighted by molar-refractivity contribution is 5.68. The molecule has 0 spiro atoms. The molecule has 3 heterocycles. The van der Waals surface area contributed by atoms with E-state index in [4.69, 9.17) is 4.52 Å². The summed E-state index contributed by atoms with van der Waals surface area (Å²) in [6, 6.07) is 4.29. The number of rotatable bonds is 3. The van der Waals surface area contributed by atoms with Gasteiger partial charge in [-0.1, -0.05) is 5.16 Å². The quantitative estimate of drug-likeness (QED) is 0.922. The highest BCUT2D eigenvalue weighted by Crippen LogP contribution is 2.26. The smallest absolute Gasteiger partial charge is 0.261 e. The largest absolute Gasteiger partial charge is 0.367 e. The molecule has 106 valence electrons. The van der Waals surface area contributed by atoms with Crippen LogP contribution in [0.5, 0.6) is 0 Å². The summed E-state index contributed by atoms with van der Waals surface area (Å²) >= 11 is 0. The first-order valence-electron chi connectivity index (χ1n) is 6.93. The number of aryl methyl sites for hydroxylation is 1. The van der Waals surface area contributed by atoms with Crippen LogP contribution in [0.2, 0.25) is 0 Å². The minimum Gasteiger partial charge on any atom is -0.367 e. The summed E-state index contributed by atoms with van der Waals surface area (Å²) in [6.07, 6.45) is 4.02. The van der Waals surface area contributed by atoms with Crippen LogP contribution in [0.15, 0.2) is 22.9 Å². The third kappa shape index (κ3) is 2.80. The Kier molecular flexibility index (Phi) is 3.64. The molecule has 2 aromatic rings. The molecule has 1 fully saturated rings. The Morgan fingerprint density at radius 1 is 1.35 bits per heavy atom. The van der Waals surface area contributed by atoms with Gasteiger partial charge in [-0.3, -0.25) is 0 Å². The van der Waals surface area contributed by atoms with E-state index in [9.17, 15) is 0 Å². The molecule has 1 N–H and O–H groups in total. The molecule has 0 atom stereocenters. The summed E-state index contributed by atoms with van der Waals surface area (Å²) in [5.41, 5.74) is 0.868. The topological polar surface area (TPSA) is 67.1 Å². The number of nitrogens with zero attached hydrogens (tertiary/aromatic N) is 4. The maximum absolute atomic E-state index is 5.25. The van der Waals surface area contributed by atoms with E-state index in [1.54, 1.807) is 6.20 Å². The van der Waals surface area contributed by atoms with Crippen molar-refractivity contribution in [1.29, 1.82) is 0 Å². The van der Waals surface area contributed by atoms with Gasteiger partial charge in [0.1, 0.15) is 5.82 Å². The predicted molar refractivity (Wildman–Crippen MR) is 76.4 cm³/mol. The van der Waals surface area contributed by atoms with Gasteiger partial charge in [-0.05, 0) is 52.0 Å². The normalized spacial score (nSPS) is 17.3. The molecule has 1 aliphatic heterocycles. The second kappa shape index (κ2) is 5.58. The summed E-state index contributed by atoms with van der Waals surface area (Å²) in [7, 11) is 2.16. The van der Waals surface area contributed by atoms with E-state index < -0.39 is 0 Å². The average Bonchev–Trinajstić information content (AvgIpc) is 2.88. The second-order valence-electron chi connectivity index (χ2n) is 5.27. The van der Waals surface area contributed by atoms with Crippen LogP contribution in [-0.2, 0) is 0 Å². The lowest BCUT2D eigenvalue weighted by atomic mass is 10.1. The Balaban J connectivity index is 1.80. The van der Waals surface area contributed by atoms with Crippen molar-refractivity contribution in [2.24, 2.45) is 0 Å². The van der Waals surface area contributed by atoms with Gasteiger partial charge in [-0.15, -0.1) is 0 Å². The molecule has 2 aromatic heterocycles.